The van der Waals surface area contributed by atoms with Gasteiger partial charge in [-0.3, -0.25) is 4.79 Å². The highest BCUT2D eigenvalue weighted by atomic mass is 16.5. The zero-order valence-corrected chi connectivity index (χ0v) is 8.43. The van der Waals surface area contributed by atoms with Crippen LogP contribution in [0.15, 0.2) is 18.2 Å². The van der Waals surface area contributed by atoms with Gasteiger partial charge in [-0.2, -0.15) is 0 Å². The van der Waals surface area contributed by atoms with Crippen molar-refractivity contribution in [3.63, 3.8) is 0 Å². The third-order valence-electron chi connectivity index (χ3n) is 2.79. The van der Waals surface area contributed by atoms with Crippen LogP contribution in [-0.2, 0) is 11.2 Å². The molecule has 80 valence electrons. The first-order valence-corrected chi connectivity index (χ1v) is 4.86. The number of ether oxygens (including phenoxy) is 1. The van der Waals surface area contributed by atoms with Gasteiger partial charge in [0.2, 0.25) is 0 Å². The molecule has 3 N–H and O–H groups in total. The third kappa shape index (κ3) is 1.63. The molecule has 2 atom stereocenters. The molecule has 0 fully saturated rings. The largest absolute Gasteiger partial charge is 0.489 e. The van der Waals surface area contributed by atoms with E-state index < -0.39 is 11.9 Å². The summed E-state index contributed by atoms with van der Waals surface area (Å²) in [5, 5.41) is 9.00. The fourth-order valence-corrected chi connectivity index (χ4v) is 1.87. The van der Waals surface area contributed by atoms with Crippen LogP contribution in [0.5, 0.6) is 5.75 Å². The fraction of sp³-hybridized carbons (Fsp3) is 0.364. The summed E-state index contributed by atoms with van der Waals surface area (Å²) in [7, 11) is 0. The van der Waals surface area contributed by atoms with E-state index in [0.717, 1.165) is 5.56 Å². The Bertz CT molecular complexity index is 403. The lowest BCUT2D eigenvalue weighted by atomic mass is 9.90. The van der Waals surface area contributed by atoms with Gasteiger partial charge in [-0.25, -0.2) is 0 Å². The Morgan fingerprint density at radius 3 is 3.00 bits per heavy atom. The number of fused-ring (bicyclic) bond motifs is 1. The molecule has 0 amide bonds. The van der Waals surface area contributed by atoms with E-state index in [1.807, 2.05) is 12.1 Å². The molecular weight excluding hydrogens is 194 g/mol. The molecule has 1 aromatic rings. The van der Waals surface area contributed by atoms with Gasteiger partial charge in [0.1, 0.15) is 11.9 Å². The predicted molar refractivity (Wildman–Crippen MR) is 55.8 cm³/mol. The van der Waals surface area contributed by atoms with E-state index in [1.54, 1.807) is 13.0 Å². The number of carboxylic acid groups (broad SMARTS) is 1. The Morgan fingerprint density at radius 1 is 1.60 bits per heavy atom. The van der Waals surface area contributed by atoms with Gasteiger partial charge >= 0.3 is 5.97 Å². The maximum absolute atomic E-state index is 11.0. The molecule has 0 spiro atoms. The number of carboxylic acids is 1. The highest BCUT2D eigenvalue weighted by molar-refractivity contribution is 5.73. The molecule has 2 rings (SSSR count). The lowest BCUT2D eigenvalue weighted by Gasteiger charge is -2.29. The number of rotatable bonds is 1. The lowest BCUT2D eigenvalue weighted by molar-refractivity contribution is -0.145. The number of nitrogen functional groups attached to an aromatic ring is 1. The standard InChI is InChI=1S/C11H13NO3/c1-6-7(11(13)14)5-8-9(12)3-2-4-10(8)15-6/h2-4,6-7H,5,12H2,1H3,(H,13,14). The summed E-state index contributed by atoms with van der Waals surface area (Å²) in [6.45, 7) is 1.77. The van der Waals surface area contributed by atoms with Crippen molar-refractivity contribution in [2.24, 2.45) is 5.92 Å². The van der Waals surface area contributed by atoms with Crippen molar-refractivity contribution in [1.82, 2.24) is 0 Å². The van der Waals surface area contributed by atoms with Crippen LogP contribution in [0, 0.1) is 5.92 Å². The number of nitrogens with two attached hydrogens (primary N) is 1. The van der Waals surface area contributed by atoms with Gasteiger partial charge in [-0.05, 0) is 25.5 Å². The Morgan fingerprint density at radius 2 is 2.33 bits per heavy atom. The maximum atomic E-state index is 11.0. The van der Waals surface area contributed by atoms with E-state index in [-0.39, 0.29) is 6.10 Å². The lowest BCUT2D eigenvalue weighted by Crippen LogP contribution is -2.36. The van der Waals surface area contributed by atoms with Gasteiger partial charge in [-0.1, -0.05) is 6.07 Å². The summed E-state index contributed by atoms with van der Waals surface area (Å²) >= 11 is 0. The molecule has 1 aromatic carbocycles. The molecule has 1 aliphatic heterocycles. The monoisotopic (exact) mass is 207 g/mol. The van der Waals surface area contributed by atoms with Gasteiger partial charge in [0, 0.05) is 11.3 Å². The number of aliphatic carboxylic acids is 1. The van der Waals surface area contributed by atoms with E-state index in [9.17, 15) is 4.79 Å². The second-order valence-electron chi connectivity index (χ2n) is 3.80. The van der Waals surface area contributed by atoms with Crippen molar-refractivity contribution >= 4 is 11.7 Å². The van der Waals surface area contributed by atoms with Crippen LogP contribution in [0.2, 0.25) is 0 Å². The normalized spacial score (nSPS) is 24.1. The molecule has 0 aliphatic carbocycles. The molecule has 0 radical (unpaired) electrons. The van der Waals surface area contributed by atoms with Gasteiger partial charge in [0.05, 0.1) is 5.92 Å². The molecule has 1 heterocycles. The SMILES string of the molecule is CC1Oc2cccc(N)c2CC1C(=O)O. The van der Waals surface area contributed by atoms with Crippen LogP contribution >= 0.6 is 0 Å². The summed E-state index contributed by atoms with van der Waals surface area (Å²) in [5.74, 6) is -0.640. The van der Waals surface area contributed by atoms with E-state index in [2.05, 4.69) is 0 Å². The van der Waals surface area contributed by atoms with Crippen LogP contribution in [0.4, 0.5) is 5.69 Å². The molecule has 15 heavy (non-hydrogen) atoms. The van der Waals surface area contributed by atoms with Crippen molar-refractivity contribution in [2.75, 3.05) is 5.73 Å². The fourth-order valence-electron chi connectivity index (χ4n) is 1.87. The van der Waals surface area contributed by atoms with Gasteiger partial charge < -0.3 is 15.6 Å². The second kappa shape index (κ2) is 3.46. The summed E-state index contributed by atoms with van der Waals surface area (Å²) in [5.41, 5.74) is 7.19. The summed E-state index contributed by atoms with van der Waals surface area (Å²) in [6.07, 6.45) is 0.134. The average molecular weight is 207 g/mol. The van der Waals surface area contributed by atoms with Crippen LogP contribution in [0.25, 0.3) is 0 Å². The molecule has 0 bridgehead atoms. The quantitative estimate of drug-likeness (QED) is 0.681. The molecule has 0 saturated carbocycles. The number of hydrogen-bond acceptors (Lipinski definition) is 3. The summed E-state index contributed by atoms with van der Waals surface area (Å²) in [4.78, 5) is 11.0. The minimum absolute atomic E-state index is 0.309. The van der Waals surface area contributed by atoms with E-state index in [4.69, 9.17) is 15.6 Å². The molecule has 4 heteroatoms. The first kappa shape index (κ1) is 9.83. The molecular formula is C11H13NO3. The summed E-state index contributed by atoms with van der Waals surface area (Å²) in [6, 6.07) is 5.39. The number of carbonyl (C=O) groups is 1. The van der Waals surface area contributed by atoms with Crippen molar-refractivity contribution < 1.29 is 14.6 Å². The van der Waals surface area contributed by atoms with Crippen molar-refractivity contribution in [3.05, 3.63) is 23.8 Å². The first-order valence-electron chi connectivity index (χ1n) is 4.86. The van der Waals surface area contributed by atoms with Gasteiger partial charge in [-0.15, -0.1) is 0 Å². The minimum atomic E-state index is -0.837. The highest BCUT2D eigenvalue weighted by Crippen LogP contribution is 2.34. The zero-order valence-electron chi connectivity index (χ0n) is 8.43. The van der Waals surface area contributed by atoms with E-state index in [1.165, 1.54) is 0 Å². The number of benzene rings is 1. The first-order chi connectivity index (χ1) is 7.09. The zero-order chi connectivity index (χ0) is 11.0. The van der Waals surface area contributed by atoms with Crippen LogP contribution in [0.3, 0.4) is 0 Å². The van der Waals surface area contributed by atoms with Crippen molar-refractivity contribution in [3.8, 4) is 5.75 Å². The van der Waals surface area contributed by atoms with Crippen LogP contribution in [0.1, 0.15) is 12.5 Å². The molecule has 0 saturated heterocycles. The van der Waals surface area contributed by atoms with Crippen LogP contribution in [-0.4, -0.2) is 17.2 Å². The van der Waals surface area contributed by atoms with Crippen LogP contribution < -0.4 is 10.5 Å². The highest BCUT2D eigenvalue weighted by Gasteiger charge is 2.32. The smallest absolute Gasteiger partial charge is 0.310 e. The van der Waals surface area contributed by atoms with Crippen molar-refractivity contribution in [1.29, 1.82) is 0 Å². The van der Waals surface area contributed by atoms with E-state index >= 15 is 0 Å². The second-order valence-corrected chi connectivity index (χ2v) is 3.80. The van der Waals surface area contributed by atoms with Crippen molar-refractivity contribution in [2.45, 2.75) is 19.4 Å². The summed E-state index contributed by atoms with van der Waals surface area (Å²) < 4.78 is 5.53. The Labute approximate surface area is 87.7 Å². The molecule has 2 unspecified atom stereocenters. The Hall–Kier alpha value is -1.71. The Balaban J connectivity index is 2.39. The molecule has 1 aliphatic rings. The van der Waals surface area contributed by atoms with E-state index in [0.29, 0.717) is 17.9 Å². The molecule has 4 nitrogen and oxygen atoms in total. The maximum Gasteiger partial charge on any atom is 0.310 e. The molecule has 0 aromatic heterocycles. The third-order valence-corrected chi connectivity index (χ3v) is 2.79. The Kier molecular flexibility index (Phi) is 2.26. The number of hydrogen-bond donors (Lipinski definition) is 2. The average Bonchev–Trinajstić information content (AvgIpc) is 2.16. The van der Waals surface area contributed by atoms with Gasteiger partial charge in [0.25, 0.3) is 0 Å². The van der Waals surface area contributed by atoms with Gasteiger partial charge in [0.15, 0.2) is 0 Å². The number of anilines is 1. The predicted octanol–water partition coefficient (Wildman–Crippen LogP) is 1.29. The minimum Gasteiger partial charge on any atom is -0.489 e. The topological polar surface area (TPSA) is 72.5 Å².